The predicted molar refractivity (Wildman–Crippen MR) is 129 cm³/mol. The maximum atomic E-state index is 5.95. The van der Waals surface area contributed by atoms with Crippen LogP contribution >= 0.6 is 0 Å². The molecular formula is C26H27N5O. The van der Waals surface area contributed by atoms with E-state index in [4.69, 9.17) is 9.40 Å². The van der Waals surface area contributed by atoms with Crippen molar-refractivity contribution >= 4 is 33.8 Å². The number of nitrogens with zero attached hydrogens (tertiary/aromatic N) is 4. The summed E-state index contributed by atoms with van der Waals surface area (Å²) in [6, 6.07) is 15.0. The van der Waals surface area contributed by atoms with Gasteiger partial charge in [-0.3, -0.25) is 5.32 Å². The highest BCUT2D eigenvalue weighted by molar-refractivity contribution is 5.86. The molecule has 0 bridgehead atoms. The van der Waals surface area contributed by atoms with Gasteiger partial charge in [0, 0.05) is 11.5 Å². The minimum absolute atomic E-state index is 0.436. The summed E-state index contributed by atoms with van der Waals surface area (Å²) in [5, 5.41) is 9.16. The molecule has 32 heavy (non-hydrogen) atoms. The van der Waals surface area contributed by atoms with Gasteiger partial charge in [0.15, 0.2) is 11.4 Å². The highest BCUT2D eigenvalue weighted by Crippen LogP contribution is 2.29. The van der Waals surface area contributed by atoms with Gasteiger partial charge in [-0.25, -0.2) is 4.98 Å². The Morgan fingerprint density at radius 2 is 1.72 bits per heavy atom. The van der Waals surface area contributed by atoms with Crippen LogP contribution in [-0.2, 0) is 0 Å². The van der Waals surface area contributed by atoms with Crippen molar-refractivity contribution in [2.45, 2.75) is 47.5 Å². The zero-order valence-electron chi connectivity index (χ0n) is 19.3. The number of nitrogens with one attached hydrogen (secondary N) is 1. The van der Waals surface area contributed by atoms with Crippen molar-refractivity contribution in [1.29, 1.82) is 0 Å². The predicted octanol–water partition coefficient (Wildman–Crippen LogP) is 6.66. The van der Waals surface area contributed by atoms with Gasteiger partial charge in [0.05, 0.1) is 11.2 Å². The smallest absolute Gasteiger partial charge is 0.301 e. The van der Waals surface area contributed by atoms with Crippen molar-refractivity contribution < 1.29 is 4.42 Å². The average Bonchev–Trinajstić information content (AvgIpc) is 3.30. The monoisotopic (exact) mass is 425 g/mol. The zero-order valence-corrected chi connectivity index (χ0v) is 19.3. The lowest BCUT2D eigenvalue weighted by Crippen LogP contribution is -2.06. The molecule has 0 saturated heterocycles. The maximum absolute atomic E-state index is 5.95. The van der Waals surface area contributed by atoms with Crippen LogP contribution in [0.3, 0.4) is 0 Å². The van der Waals surface area contributed by atoms with Crippen LogP contribution in [0.25, 0.3) is 27.8 Å². The molecule has 0 aliphatic heterocycles. The largest absolute Gasteiger partial charge is 0.423 e. The van der Waals surface area contributed by atoms with Gasteiger partial charge in [-0.2, -0.15) is 14.8 Å². The lowest BCUT2D eigenvalue weighted by Gasteiger charge is -2.12. The number of hydrogen-bond donors (Lipinski definition) is 1. The topological polar surface area (TPSA) is 68.8 Å². The molecule has 6 nitrogen and oxygen atoms in total. The first-order valence-electron chi connectivity index (χ1n) is 10.9. The van der Waals surface area contributed by atoms with Gasteiger partial charge in [0.1, 0.15) is 11.3 Å². The van der Waals surface area contributed by atoms with Crippen LogP contribution in [-0.4, -0.2) is 19.7 Å². The highest BCUT2D eigenvalue weighted by Gasteiger charge is 2.15. The van der Waals surface area contributed by atoms with E-state index < -0.39 is 0 Å². The molecule has 3 aromatic heterocycles. The molecule has 0 unspecified atom stereocenters. The summed E-state index contributed by atoms with van der Waals surface area (Å²) in [7, 11) is 0. The van der Waals surface area contributed by atoms with E-state index >= 15 is 0 Å². The van der Waals surface area contributed by atoms with Crippen molar-refractivity contribution in [1.82, 2.24) is 19.7 Å². The number of hydrogen-bond acceptors (Lipinski definition) is 5. The molecule has 0 atom stereocenters. The van der Waals surface area contributed by atoms with Crippen LogP contribution in [0.2, 0.25) is 0 Å². The van der Waals surface area contributed by atoms with E-state index in [2.05, 4.69) is 80.3 Å². The number of fused-ring (bicyclic) bond motifs is 2. The van der Waals surface area contributed by atoms with E-state index in [0.717, 1.165) is 39.5 Å². The molecule has 6 heteroatoms. The van der Waals surface area contributed by atoms with Crippen LogP contribution in [0.5, 0.6) is 0 Å². The summed E-state index contributed by atoms with van der Waals surface area (Å²) in [6.45, 7) is 12.6. The third-order valence-corrected chi connectivity index (χ3v) is 5.80. The van der Waals surface area contributed by atoms with Crippen LogP contribution in [0.4, 0.5) is 11.8 Å². The first-order valence-corrected chi connectivity index (χ1v) is 10.9. The molecule has 0 radical (unpaired) electrons. The summed E-state index contributed by atoms with van der Waals surface area (Å²) in [6.07, 6.45) is 0. The molecule has 0 fully saturated rings. The Kier molecular flexibility index (Phi) is 4.73. The van der Waals surface area contributed by atoms with Gasteiger partial charge in [-0.15, -0.1) is 0 Å². The Morgan fingerprint density at radius 1 is 0.906 bits per heavy atom. The number of aryl methyl sites for hydroxylation is 4. The molecule has 0 spiro atoms. The number of anilines is 2. The lowest BCUT2D eigenvalue weighted by molar-refractivity contribution is 0.621. The van der Waals surface area contributed by atoms with Gasteiger partial charge in [-0.05, 0) is 74.6 Å². The number of oxazole rings is 1. The maximum Gasteiger partial charge on any atom is 0.301 e. The van der Waals surface area contributed by atoms with Gasteiger partial charge in [0.25, 0.3) is 0 Å². The molecular weight excluding hydrogens is 398 g/mol. The molecule has 1 N–H and O–H groups in total. The summed E-state index contributed by atoms with van der Waals surface area (Å²) < 4.78 is 7.76. The van der Waals surface area contributed by atoms with Crippen molar-refractivity contribution in [3.05, 3.63) is 70.4 Å². The fourth-order valence-corrected chi connectivity index (χ4v) is 4.17. The number of rotatable bonds is 4. The fraction of sp³-hybridized carbons (Fsp3) is 0.269. The van der Waals surface area contributed by atoms with E-state index in [-0.39, 0.29) is 0 Å². The molecule has 0 aliphatic carbocycles. The second-order valence-electron chi connectivity index (χ2n) is 8.88. The quantitative estimate of drug-likeness (QED) is 0.348. The van der Waals surface area contributed by atoms with Crippen LogP contribution in [0.15, 0.2) is 46.9 Å². The molecule has 5 rings (SSSR count). The first kappa shape index (κ1) is 20.2. The molecule has 5 aromatic rings. The highest BCUT2D eigenvalue weighted by atomic mass is 16.4. The molecule has 3 heterocycles. The first-order chi connectivity index (χ1) is 15.3. The van der Waals surface area contributed by atoms with E-state index in [1.54, 1.807) is 0 Å². The molecule has 0 saturated carbocycles. The van der Waals surface area contributed by atoms with Crippen LogP contribution in [0, 0.1) is 27.7 Å². The number of aromatic nitrogens is 4. The van der Waals surface area contributed by atoms with E-state index in [1.807, 2.05) is 23.7 Å². The average molecular weight is 426 g/mol. The standard InChI is InChI=1S/C26H27N5O/c1-14(2)19-7-8-22-21(13-19)27-26(32-22)29-24-12-18(6)30-31(24)23-11-16(4)20-10-15(3)9-17(5)25(20)28-23/h7-14H,1-6H3,(H,27,29). The minimum atomic E-state index is 0.436. The summed E-state index contributed by atoms with van der Waals surface area (Å²) in [4.78, 5) is 9.59. The molecule has 2 aromatic carbocycles. The second-order valence-corrected chi connectivity index (χ2v) is 8.88. The number of benzene rings is 2. The van der Waals surface area contributed by atoms with Crippen molar-refractivity contribution in [2.24, 2.45) is 0 Å². The Morgan fingerprint density at radius 3 is 2.50 bits per heavy atom. The van der Waals surface area contributed by atoms with Crippen molar-refractivity contribution in [3.8, 4) is 5.82 Å². The minimum Gasteiger partial charge on any atom is -0.423 e. The second kappa shape index (κ2) is 7.48. The molecule has 0 aliphatic rings. The van der Waals surface area contributed by atoms with Gasteiger partial charge >= 0.3 is 6.01 Å². The summed E-state index contributed by atoms with van der Waals surface area (Å²) in [5.74, 6) is 1.95. The van der Waals surface area contributed by atoms with E-state index in [0.29, 0.717) is 11.9 Å². The SMILES string of the molecule is Cc1cc(C)c2nc(-n3nc(C)cc3Nc3nc4cc(C(C)C)ccc4o3)cc(C)c2c1. The van der Waals surface area contributed by atoms with Crippen molar-refractivity contribution in [3.63, 3.8) is 0 Å². The van der Waals surface area contributed by atoms with Crippen LogP contribution in [0.1, 0.15) is 47.7 Å². The van der Waals surface area contributed by atoms with Gasteiger partial charge < -0.3 is 4.42 Å². The lowest BCUT2D eigenvalue weighted by atomic mass is 10.0. The normalized spacial score (nSPS) is 11.7. The third-order valence-electron chi connectivity index (χ3n) is 5.80. The summed E-state index contributed by atoms with van der Waals surface area (Å²) in [5.41, 5.74) is 8.26. The Balaban J connectivity index is 1.57. The fourth-order valence-electron chi connectivity index (χ4n) is 4.17. The van der Waals surface area contributed by atoms with E-state index in [1.165, 1.54) is 22.1 Å². The Bertz CT molecular complexity index is 1480. The molecule has 0 amide bonds. The zero-order chi connectivity index (χ0) is 22.6. The van der Waals surface area contributed by atoms with Gasteiger partial charge in [0.2, 0.25) is 0 Å². The third kappa shape index (κ3) is 3.51. The van der Waals surface area contributed by atoms with E-state index in [9.17, 15) is 0 Å². The Labute approximate surface area is 187 Å². The summed E-state index contributed by atoms with van der Waals surface area (Å²) >= 11 is 0. The van der Waals surface area contributed by atoms with Crippen LogP contribution < -0.4 is 5.32 Å². The Hall–Kier alpha value is -3.67. The number of pyridine rings is 1. The van der Waals surface area contributed by atoms with Gasteiger partial charge in [-0.1, -0.05) is 31.5 Å². The molecule has 162 valence electrons. The van der Waals surface area contributed by atoms with Crippen molar-refractivity contribution in [2.75, 3.05) is 5.32 Å².